The second kappa shape index (κ2) is 10.9. The van der Waals surface area contributed by atoms with Gasteiger partial charge in [-0.25, -0.2) is 0 Å². The van der Waals surface area contributed by atoms with E-state index in [2.05, 4.69) is 10.6 Å². The van der Waals surface area contributed by atoms with E-state index < -0.39 is 29.6 Å². The summed E-state index contributed by atoms with van der Waals surface area (Å²) in [6.45, 7) is 0.176. The van der Waals surface area contributed by atoms with E-state index in [1.54, 1.807) is 23.8 Å². The number of amides is 3. The first kappa shape index (κ1) is 26.9. The Hall–Kier alpha value is -3.30. The molecule has 2 bridgehead atoms. The molecular weight excluding hydrogens is 526 g/mol. The maximum Gasteiger partial charge on any atom is 0.246 e. The average Bonchev–Trinajstić information content (AvgIpc) is 3.61. The molecule has 2 aromatic carbocycles. The van der Waals surface area contributed by atoms with Crippen molar-refractivity contribution < 1.29 is 23.9 Å². The molecule has 2 aromatic rings. The van der Waals surface area contributed by atoms with Gasteiger partial charge in [0.1, 0.15) is 17.4 Å². The van der Waals surface area contributed by atoms with Crippen LogP contribution in [0.4, 0.5) is 5.69 Å². The normalized spacial score (nSPS) is 28.9. The molecule has 3 aliphatic heterocycles. The van der Waals surface area contributed by atoms with Crippen LogP contribution in [-0.4, -0.2) is 59.8 Å². The van der Waals surface area contributed by atoms with Gasteiger partial charge in [-0.1, -0.05) is 55.7 Å². The Kier molecular flexibility index (Phi) is 7.35. The van der Waals surface area contributed by atoms with Crippen LogP contribution >= 0.6 is 11.8 Å². The molecule has 9 heteroatoms. The molecule has 40 heavy (non-hydrogen) atoms. The fourth-order valence-electron chi connectivity index (χ4n) is 6.91. The van der Waals surface area contributed by atoms with Gasteiger partial charge < -0.3 is 25.0 Å². The first-order valence-electron chi connectivity index (χ1n) is 14.0. The third-order valence-corrected chi connectivity index (χ3v) is 9.47. The van der Waals surface area contributed by atoms with Crippen molar-refractivity contribution in [2.45, 2.75) is 67.3 Å². The van der Waals surface area contributed by atoms with Gasteiger partial charge in [0, 0.05) is 22.2 Å². The maximum atomic E-state index is 14.3. The van der Waals surface area contributed by atoms with Gasteiger partial charge >= 0.3 is 0 Å². The number of anilines is 1. The van der Waals surface area contributed by atoms with Crippen molar-refractivity contribution in [3.8, 4) is 5.75 Å². The lowest BCUT2D eigenvalue weighted by atomic mass is 9.74. The van der Waals surface area contributed by atoms with Crippen LogP contribution in [0.5, 0.6) is 5.75 Å². The van der Waals surface area contributed by atoms with E-state index in [1.807, 2.05) is 66.9 Å². The molecule has 0 aromatic heterocycles. The average molecular weight is 562 g/mol. The summed E-state index contributed by atoms with van der Waals surface area (Å²) in [5, 5.41) is 6.24. The fraction of sp³-hybridized carbons (Fsp3) is 0.452. The summed E-state index contributed by atoms with van der Waals surface area (Å²) >= 11 is 1.59. The number of nitrogens with one attached hydrogen (secondary N) is 2. The molecule has 0 unspecified atom stereocenters. The lowest BCUT2D eigenvalue weighted by Crippen LogP contribution is -2.56. The number of methoxy groups -OCH3 is 1. The number of nitrogens with zero attached hydrogens (tertiary/aromatic N) is 1. The number of benzene rings is 2. The predicted molar refractivity (Wildman–Crippen MR) is 153 cm³/mol. The zero-order valence-corrected chi connectivity index (χ0v) is 23.6. The van der Waals surface area contributed by atoms with Gasteiger partial charge in [0.15, 0.2) is 0 Å². The van der Waals surface area contributed by atoms with E-state index in [0.29, 0.717) is 11.4 Å². The lowest BCUT2D eigenvalue weighted by Gasteiger charge is -2.34. The van der Waals surface area contributed by atoms with E-state index in [0.717, 1.165) is 36.1 Å². The predicted octanol–water partition coefficient (Wildman–Crippen LogP) is 4.16. The maximum absolute atomic E-state index is 14.3. The van der Waals surface area contributed by atoms with Gasteiger partial charge in [0.05, 0.1) is 31.6 Å². The highest BCUT2D eigenvalue weighted by Crippen LogP contribution is 2.55. The van der Waals surface area contributed by atoms with Gasteiger partial charge in [-0.15, -0.1) is 11.8 Å². The number of carbonyl (C=O) groups excluding carboxylic acids is 3. The van der Waals surface area contributed by atoms with Crippen molar-refractivity contribution in [2.75, 3.05) is 18.7 Å². The Morgan fingerprint density at radius 3 is 2.67 bits per heavy atom. The van der Waals surface area contributed by atoms with Crippen LogP contribution in [0.15, 0.2) is 65.6 Å². The number of thioether (sulfide) groups is 1. The number of fused-ring (bicyclic) bond motifs is 1. The number of hydrogen-bond acceptors (Lipinski definition) is 6. The molecule has 2 N–H and O–H groups in total. The molecule has 1 spiro atoms. The van der Waals surface area contributed by atoms with Crippen molar-refractivity contribution in [2.24, 2.45) is 11.8 Å². The standard InChI is InChI=1S/C31H35N3O5S/c1-38-23-14-7-6-9-19(23)18-34-27(29(36)32-20-10-4-3-5-11-20)31-16-15-24(39-31)25(26(31)30(34)37)28(35)33-21-12-8-13-22(17-21)40-2/h6-9,12-17,20,24-27H,3-5,10-11,18H2,1-2H3,(H,32,36)(H,33,35)/t24-,25+,26-,27-,31+/m1/s1. The summed E-state index contributed by atoms with van der Waals surface area (Å²) in [6, 6.07) is 14.3. The third kappa shape index (κ3) is 4.59. The molecule has 8 nitrogen and oxygen atoms in total. The van der Waals surface area contributed by atoms with Gasteiger partial charge in [-0.3, -0.25) is 14.4 Å². The zero-order chi connectivity index (χ0) is 27.9. The fourth-order valence-corrected chi connectivity index (χ4v) is 7.37. The molecule has 1 aliphatic carbocycles. The molecule has 3 fully saturated rings. The molecular formula is C31H35N3O5S. The quantitative estimate of drug-likeness (QED) is 0.371. The number of rotatable bonds is 8. The van der Waals surface area contributed by atoms with Crippen molar-refractivity contribution in [3.63, 3.8) is 0 Å². The monoisotopic (exact) mass is 561 g/mol. The van der Waals surface area contributed by atoms with Crippen molar-refractivity contribution in [3.05, 3.63) is 66.2 Å². The third-order valence-electron chi connectivity index (χ3n) is 8.75. The minimum Gasteiger partial charge on any atom is -0.496 e. The first-order chi connectivity index (χ1) is 19.4. The van der Waals surface area contributed by atoms with Crippen LogP contribution in [-0.2, 0) is 25.7 Å². The van der Waals surface area contributed by atoms with E-state index in [-0.39, 0.29) is 30.3 Å². The molecule has 3 amide bonds. The van der Waals surface area contributed by atoms with Crippen molar-refractivity contribution in [1.82, 2.24) is 10.2 Å². The molecule has 3 heterocycles. The smallest absolute Gasteiger partial charge is 0.246 e. The van der Waals surface area contributed by atoms with E-state index >= 15 is 0 Å². The number of carbonyl (C=O) groups is 3. The largest absolute Gasteiger partial charge is 0.496 e. The van der Waals surface area contributed by atoms with E-state index in [9.17, 15) is 14.4 Å². The summed E-state index contributed by atoms with van der Waals surface area (Å²) in [5.41, 5.74) is 0.255. The minimum absolute atomic E-state index is 0.0744. The molecule has 0 radical (unpaired) electrons. The number of hydrogen-bond donors (Lipinski definition) is 2. The van der Waals surface area contributed by atoms with Gasteiger partial charge in [0.25, 0.3) is 0 Å². The molecule has 4 aliphatic rings. The summed E-state index contributed by atoms with van der Waals surface area (Å²) in [4.78, 5) is 44.6. The molecule has 6 rings (SSSR count). The van der Waals surface area contributed by atoms with Crippen LogP contribution in [0.2, 0.25) is 0 Å². The van der Waals surface area contributed by atoms with Crippen LogP contribution in [0, 0.1) is 11.8 Å². The Bertz CT molecular complexity index is 1340. The zero-order valence-electron chi connectivity index (χ0n) is 22.8. The van der Waals surface area contributed by atoms with Gasteiger partial charge in [-0.2, -0.15) is 0 Å². The molecule has 210 valence electrons. The highest BCUT2D eigenvalue weighted by Gasteiger charge is 2.72. The second-order valence-corrected chi connectivity index (χ2v) is 11.9. The van der Waals surface area contributed by atoms with Crippen LogP contribution in [0.1, 0.15) is 37.7 Å². The highest BCUT2D eigenvalue weighted by atomic mass is 32.2. The summed E-state index contributed by atoms with van der Waals surface area (Å²) in [7, 11) is 1.59. The first-order valence-corrected chi connectivity index (χ1v) is 15.2. The van der Waals surface area contributed by atoms with Crippen molar-refractivity contribution >= 4 is 35.2 Å². The Morgan fingerprint density at radius 1 is 1.10 bits per heavy atom. The molecule has 5 atom stereocenters. The van der Waals surface area contributed by atoms with Crippen LogP contribution in [0.3, 0.4) is 0 Å². The number of likely N-dealkylation sites (tertiary alicyclic amines) is 1. The Balaban J connectivity index is 1.33. The van der Waals surface area contributed by atoms with E-state index in [1.165, 1.54) is 6.42 Å². The lowest BCUT2D eigenvalue weighted by molar-refractivity contribution is -0.142. The van der Waals surface area contributed by atoms with Crippen LogP contribution in [0.25, 0.3) is 0 Å². The topological polar surface area (TPSA) is 97.0 Å². The van der Waals surface area contributed by atoms with Gasteiger partial charge in [-0.05, 0) is 43.4 Å². The summed E-state index contributed by atoms with van der Waals surface area (Å²) < 4.78 is 12.0. The minimum atomic E-state index is -1.20. The Labute approximate surface area is 238 Å². The van der Waals surface area contributed by atoms with E-state index in [4.69, 9.17) is 9.47 Å². The summed E-state index contributed by atoms with van der Waals surface area (Å²) in [5.74, 6) is -1.67. The molecule has 2 saturated heterocycles. The van der Waals surface area contributed by atoms with Crippen LogP contribution < -0.4 is 15.4 Å². The Morgan fingerprint density at radius 2 is 1.90 bits per heavy atom. The number of para-hydroxylation sites is 1. The number of ether oxygens (including phenoxy) is 2. The SMILES string of the molecule is COc1ccccc1CN1C(=O)[C@H]2[C@@H](C(=O)Nc3cccc(SC)c3)[C@H]3C=C[C@@]2(O3)[C@H]1C(=O)NC1CCCCC1. The van der Waals surface area contributed by atoms with Gasteiger partial charge in [0.2, 0.25) is 17.7 Å². The summed E-state index contributed by atoms with van der Waals surface area (Å²) in [6.07, 6.45) is 10.3. The highest BCUT2D eigenvalue weighted by molar-refractivity contribution is 7.98. The second-order valence-electron chi connectivity index (χ2n) is 11.0. The molecule has 1 saturated carbocycles. The van der Waals surface area contributed by atoms with Crippen molar-refractivity contribution in [1.29, 1.82) is 0 Å².